The summed E-state index contributed by atoms with van der Waals surface area (Å²) < 4.78 is 0.826. The molecule has 1 amide bonds. The first-order chi connectivity index (χ1) is 5.75. The number of amides is 1. The second-order valence-corrected chi connectivity index (χ2v) is 2.49. The molecule has 4 heteroatoms. The van der Waals surface area contributed by atoms with Crippen molar-refractivity contribution in [1.82, 2.24) is 0 Å². The van der Waals surface area contributed by atoms with Crippen molar-refractivity contribution in [3.05, 3.63) is 30.3 Å². The number of carbonyl (C=O) groups excluding carboxylic acids is 1. The Kier molecular flexibility index (Phi) is 3.08. The number of hydrogen-bond acceptors (Lipinski definition) is 1. The Morgan fingerprint density at radius 1 is 1.33 bits per heavy atom. The second kappa shape index (κ2) is 4.09. The lowest BCUT2D eigenvalue weighted by Crippen LogP contribution is -2.22. The number of benzene rings is 1. The van der Waals surface area contributed by atoms with Gasteiger partial charge in [-0.15, -0.1) is 0 Å². The van der Waals surface area contributed by atoms with Gasteiger partial charge < -0.3 is 0 Å². The van der Waals surface area contributed by atoms with Crippen molar-refractivity contribution in [2.75, 3.05) is 11.0 Å². The normalized spacial score (nSPS) is 9.50. The number of halogens is 1. The molecule has 1 radical (unpaired) electrons. The topological polar surface area (TPSA) is 40.2 Å². The van der Waals surface area contributed by atoms with Crippen LogP contribution in [0.1, 0.15) is 0 Å². The van der Waals surface area contributed by atoms with Crippen molar-refractivity contribution in [2.45, 2.75) is 0 Å². The van der Waals surface area contributed by atoms with Gasteiger partial charge in [-0.25, -0.2) is 9.53 Å². The molecular formula is C8H7ClNO2. The standard InChI is InChI=1S/C8H7ClNO2/c9-10(8(12)6-11)7-4-2-1-3-5-7/h1-5H,6H2. The summed E-state index contributed by atoms with van der Waals surface area (Å²) >= 11 is 5.54. The minimum absolute atomic E-state index is 0.514. The zero-order valence-electron chi connectivity index (χ0n) is 6.24. The third-order valence-corrected chi connectivity index (χ3v) is 1.71. The Hall–Kier alpha value is -1.06. The molecular weight excluding hydrogens is 178 g/mol. The van der Waals surface area contributed by atoms with Gasteiger partial charge in [0.2, 0.25) is 0 Å². The van der Waals surface area contributed by atoms with Gasteiger partial charge in [0.15, 0.2) is 6.61 Å². The molecule has 12 heavy (non-hydrogen) atoms. The molecule has 1 aromatic rings. The predicted molar refractivity (Wildman–Crippen MR) is 45.3 cm³/mol. The van der Waals surface area contributed by atoms with Crippen molar-refractivity contribution in [3.8, 4) is 0 Å². The Morgan fingerprint density at radius 3 is 2.42 bits per heavy atom. The maximum Gasteiger partial charge on any atom is 0.270 e. The van der Waals surface area contributed by atoms with E-state index in [-0.39, 0.29) is 0 Å². The summed E-state index contributed by atoms with van der Waals surface area (Å²) in [7, 11) is 0. The predicted octanol–water partition coefficient (Wildman–Crippen LogP) is 1.60. The van der Waals surface area contributed by atoms with Gasteiger partial charge in [-0.3, -0.25) is 4.79 Å². The number of rotatable bonds is 2. The minimum atomic E-state index is -0.835. The lowest BCUT2D eigenvalue weighted by atomic mass is 10.3. The molecule has 0 heterocycles. The van der Waals surface area contributed by atoms with E-state index in [1.54, 1.807) is 30.3 Å². The highest BCUT2D eigenvalue weighted by Gasteiger charge is 2.11. The molecule has 0 aliphatic heterocycles. The van der Waals surface area contributed by atoms with E-state index in [4.69, 9.17) is 11.8 Å². The smallest absolute Gasteiger partial charge is 0.270 e. The van der Waals surface area contributed by atoms with Crippen molar-refractivity contribution >= 4 is 23.4 Å². The molecule has 0 aliphatic rings. The van der Waals surface area contributed by atoms with E-state index in [2.05, 4.69) is 0 Å². The highest BCUT2D eigenvalue weighted by molar-refractivity contribution is 6.36. The molecule has 0 spiro atoms. The van der Waals surface area contributed by atoms with Gasteiger partial charge in [0.1, 0.15) is 0 Å². The molecule has 0 atom stereocenters. The van der Waals surface area contributed by atoms with Gasteiger partial charge >= 0.3 is 0 Å². The number of carbonyl (C=O) groups is 1. The first-order valence-corrected chi connectivity index (χ1v) is 3.71. The summed E-state index contributed by atoms with van der Waals surface area (Å²) in [4.78, 5) is 10.8. The van der Waals surface area contributed by atoms with Crippen LogP contribution >= 0.6 is 11.8 Å². The first-order valence-electron chi connectivity index (χ1n) is 3.37. The van der Waals surface area contributed by atoms with Crippen LogP contribution in [0.25, 0.3) is 0 Å². The monoisotopic (exact) mass is 184 g/mol. The fraction of sp³-hybridized carbons (Fsp3) is 0.125. The molecule has 0 fully saturated rings. The molecule has 0 unspecified atom stereocenters. The Labute approximate surface area is 75.3 Å². The third-order valence-electron chi connectivity index (χ3n) is 1.33. The van der Waals surface area contributed by atoms with Crippen LogP contribution in [-0.2, 0) is 9.90 Å². The van der Waals surface area contributed by atoms with E-state index in [1.807, 2.05) is 0 Å². The molecule has 3 nitrogen and oxygen atoms in total. The lowest BCUT2D eigenvalue weighted by molar-refractivity contribution is -0.121. The van der Waals surface area contributed by atoms with E-state index in [1.165, 1.54) is 0 Å². The largest absolute Gasteiger partial charge is 0.270 e. The summed E-state index contributed by atoms with van der Waals surface area (Å²) in [5, 5.41) is 10.2. The van der Waals surface area contributed by atoms with Crippen molar-refractivity contribution in [1.29, 1.82) is 0 Å². The number of para-hydroxylation sites is 1. The summed E-state index contributed by atoms with van der Waals surface area (Å²) in [5.41, 5.74) is 0.514. The van der Waals surface area contributed by atoms with Gasteiger partial charge in [-0.05, 0) is 12.1 Å². The minimum Gasteiger partial charge on any atom is -0.270 e. The van der Waals surface area contributed by atoms with E-state index in [0.29, 0.717) is 5.69 Å². The van der Waals surface area contributed by atoms with E-state index in [9.17, 15) is 9.90 Å². The van der Waals surface area contributed by atoms with Gasteiger partial charge in [0.05, 0.1) is 5.69 Å². The van der Waals surface area contributed by atoms with Crippen LogP contribution in [0.3, 0.4) is 0 Å². The van der Waals surface area contributed by atoms with Crippen molar-refractivity contribution in [2.24, 2.45) is 0 Å². The zero-order valence-corrected chi connectivity index (χ0v) is 6.99. The van der Waals surface area contributed by atoms with Crippen molar-refractivity contribution in [3.63, 3.8) is 0 Å². The van der Waals surface area contributed by atoms with Crippen LogP contribution in [-0.4, -0.2) is 12.5 Å². The second-order valence-electron chi connectivity index (χ2n) is 2.15. The van der Waals surface area contributed by atoms with Gasteiger partial charge in [-0.1, -0.05) is 18.2 Å². The van der Waals surface area contributed by atoms with E-state index in [0.717, 1.165) is 4.42 Å². The SMILES string of the molecule is [O]CC(=O)N(Cl)c1ccccc1. The van der Waals surface area contributed by atoms with Crippen LogP contribution in [0.5, 0.6) is 0 Å². The van der Waals surface area contributed by atoms with E-state index >= 15 is 0 Å². The Morgan fingerprint density at radius 2 is 1.92 bits per heavy atom. The summed E-state index contributed by atoms with van der Waals surface area (Å²) in [6.07, 6.45) is 0. The molecule has 0 bridgehead atoms. The molecule has 0 aromatic heterocycles. The maximum atomic E-state index is 10.8. The summed E-state index contributed by atoms with van der Waals surface area (Å²) in [5.74, 6) is -0.650. The quantitative estimate of drug-likeness (QED) is 0.644. The molecule has 0 saturated heterocycles. The molecule has 1 rings (SSSR count). The van der Waals surface area contributed by atoms with Crippen LogP contribution in [0, 0.1) is 0 Å². The van der Waals surface area contributed by atoms with Crippen LogP contribution in [0.2, 0.25) is 0 Å². The fourth-order valence-corrected chi connectivity index (χ4v) is 0.921. The molecule has 63 valence electrons. The zero-order chi connectivity index (χ0) is 8.97. The van der Waals surface area contributed by atoms with E-state index < -0.39 is 12.5 Å². The maximum absolute atomic E-state index is 10.8. The highest BCUT2D eigenvalue weighted by Crippen LogP contribution is 2.15. The molecule has 0 saturated carbocycles. The van der Waals surface area contributed by atoms with Crippen LogP contribution in [0.4, 0.5) is 5.69 Å². The van der Waals surface area contributed by atoms with Gasteiger partial charge in [0, 0.05) is 11.8 Å². The number of hydrogen-bond donors (Lipinski definition) is 0. The molecule has 0 aliphatic carbocycles. The third kappa shape index (κ3) is 1.96. The number of anilines is 1. The van der Waals surface area contributed by atoms with Crippen LogP contribution in [0.15, 0.2) is 30.3 Å². The first kappa shape index (κ1) is 9.03. The summed E-state index contributed by atoms with van der Waals surface area (Å²) in [6.45, 7) is -0.835. The average molecular weight is 185 g/mol. The Bertz CT molecular complexity index is 263. The Balaban J connectivity index is 2.78. The molecule has 1 aromatic carbocycles. The number of nitrogens with zero attached hydrogens (tertiary/aromatic N) is 1. The van der Waals surface area contributed by atoms with Crippen molar-refractivity contribution < 1.29 is 9.90 Å². The fourth-order valence-electron chi connectivity index (χ4n) is 0.760. The lowest BCUT2D eigenvalue weighted by Gasteiger charge is -2.10. The average Bonchev–Trinajstić information content (AvgIpc) is 2.17. The highest BCUT2D eigenvalue weighted by atomic mass is 35.5. The van der Waals surface area contributed by atoms with Gasteiger partial charge in [0.25, 0.3) is 5.91 Å². The molecule has 0 N–H and O–H groups in total. The summed E-state index contributed by atoms with van der Waals surface area (Å²) in [6, 6.07) is 8.59. The van der Waals surface area contributed by atoms with Crippen LogP contribution < -0.4 is 4.42 Å². The van der Waals surface area contributed by atoms with Gasteiger partial charge in [-0.2, -0.15) is 0 Å².